The summed E-state index contributed by atoms with van der Waals surface area (Å²) in [6, 6.07) is 4.34. The van der Waals surface area contributed by atoms with Crippen LogP contribution >= 0.6 is 0 Å². The first-order valence-corrected chi connectivity index (χ1v) is 5.37. The van der Waals surface area contributed by atoms with Crippen LogP contribution in [0.25, 0.3) is 0 Å². The van der Waals surface area contributed by atoms with Gasteiger partial charge in [-0.05, 0) is 25.1 Å². The molecule has 0 aliphatic carbocycles. The fraction of sp³-hybridized carbons (Fsp3) is 0.333. The van der Waals surface area contributed by atoms with Gasteiger partial charge >= 0.3 is 12.1 Å². The highest BCUT2D eigenvalue weighted by atomic mass is 19.4. The normalized spacial score (nSPS) is 10.9. The summed E-state index contributed by atoms with van der Waals surface area (Å²) in [5.74, 6) is -1.12. The maximum atomic E-state index is 12.5. The summed E-state index contributed by atoms with van der Waals surface area (Å²) in [7, 11) is 0. The standard InChI is InChI=1S/C12H11F3N2O2/c1-2-17(7-11(18)19)10-4-3-9(12(13,14)15)5-8(10)6-16/h3-5H,2,7H2,1H3,(H,18,19). The molecule has 0 atom stereocenters. The molecular formula is C12H11F3N2O2. The molecule has 0 saturated carbocycles. The summed E-state index contributed by atoms with van der Waals surface area (Å²) < 4.78 is 37.5. The van der Waals surface area contributed by atoms with E-state index < -0.39 is 17.7 Å². The number of likely N-dealkylation sites (N-methyl/N-ethyl adjacent to an activating group) is 1. The van der Waals surface area contributed by atoms with E-state index in [1.165, 1.54) is 4.90 Å². The van der Waals surface area contributed by atoms with Crippen LogP contribution in [0.3, 0.4) is 0 Å². The number of halogens is 3. The van der Waals surface area contributed by atoms with Gasteiger partial charge in [0.05, 0.1) is 16.8 Å². The Labute approximate surface area is 107 Å². The lowest BCUT2D eigenvalue weighted by atomic mass is 10.1. The predicted molar refractivity (Wildman–Crippen MR) is 61.7 cm³/mol. The quantitative estimate of drug-likeness (QED) is 0.914. The van der Waals surface area contributed by atoms with Crippen molar-refractivity contribution in [3.63, 3.8) is 0 Å². The van der Waals surface area contributed by atoms with Crippen LogP contribution < -0.4 is 4.90 Å². The molecule has 0 spiro atoms. The van der Waals surface area contributed by atoms with Crippen LogP contribution in [0.4, 0.5) is 18.9 Å². The van der Waals surface area contributed by atoms with E-state index in [1.807, 2.05) is 0 Å². The van der Waals surface area contributed by atoms with E-state index in [4.69, 9.17) is 10.4 Å². The van der Waals surface area contributed by atoms with E-state index in [1.54, 1.807) is 13.0 Å². The van der Waals surface area contributed by atoms with Gasteiger partial charge in [-0.25, -0.2) is 0 Å². The Hall–Kier alpha value is -2.23. The van der Waals surface area contributed by atoms with Gasteiger partial charge in [0.1, 0.15) is 12.6 Å². The first-order valence-electron chi connectivity index (χ1n) is 5.37. The molecule has 4 nitrogen and oxygen atoms in total. The van der Waals surface area contributed by atoms with Crippen LogP contribution in [-0.4, -0.2) is 24.2 Å². The van der Waals surface area contributed by atoms with E-state index >= 15 is 0 Å². The van der Waals surface area contributed by atoms with Gasteiger partial charge < -0.3 is 10.0 Å². The second kappa shape index (κ2) is 5.61. The smallest absolute Gasteiger partial charge is 0.416 e. The van der Waals surface area contributed by atoms with Crippen molar-refractivity contribution in [2.45, 2.75) is 13.1 Å². The number of nitriles is 1. The Morgan fingerprint density at radius 1 is 1.47 bits per heavy atom. The molecule has 0 bridgehead atoms. The lowest BCUT2D eigenvalue weighted by Crippen LogP contribution is -2.30. The molecule has 7 heteroatoms. The number of alkyl halides is 3. The number of hydrogen-bond donors (Lipinski definition) is 1. The number of carbonyl (C=O) groups is 1. The minimum atomic E-state index is -4.53. The van der Waals surface area contributed by atoms with Gasteiger partial charge in [-0.1, -0.05) is 0 Å². The number of benzene rings is 1. The summed E-state index contributed by atoms with van der Waals surface area (Å²) >= 11 is 0. The Balaban J connectivity index is 3.22. The Morgan fingerprint density at radius 2 is 2.11 bits per heavy atom. The number of nitrogens with zero attached hydrogens (tertiary/aromatic N) is 2. The van der Waals surface area contributed by atoms with Crippen molar-refractivity contribution in [3.05, 3.63) is 29.3 Å². The zero-order valence-electron chi connectivity index (χ0n) is 10.0. The average molecular weight is 272 g/mol. The molecule has 0 radical (unpaired) electrons. The molecule has 19 heavy (non-hydrogen) atoms. The third-order valence-electron chi connectivity index (χ3n) is 2.49. The van der Waals surface area contributed by atoms with Crippen molar-refractivity contribution < 1.29 is 23.1 Å². The molecular weight excluding hydrogens is 261 g/mol. The van der Waals surface area contributed by atoms with Gasteiger partial charge in [-0.15, -0.1) is 0 Å². The molecule has 1 aromatic carbocycles. The molecule has 102 valence electrons. The lowest BCUT2D eigenvalue weighted by Gasteiger charge is -2.22. The number of anilines is 1. The van der Waals surface area contributed by atoms with Gasteiger partial charge in [0.15, 0.2) is 0 Å². The highest BCUT2D eigenvalue weighted by Crippen LogP contribution is 2.32. The van der Waals surface area contributed by atoms with Crippen molar-refractivity contribution in [1.29, 1.82) is 5.26 Å². The topological polar surface area (TPSA) is 64.3 Å². The van der Waals surface area contributed by atoms with Crippen LogP contribution in [0.2, 0.25) is 0 Å². The highest BCUT2D eigenvalue weighted by molar-refractivity contribution is 5.75. The number of carboxylic acids is 1. The third-order valence-corrected chi connectivity index (χ3v) is 2.49. The third kappa shape index (κ3) is 3.61. The zero-order valence-corrected chi connectivity index (χ0v) is 10.0. The Kier molecular flexibility index (Phi) is 4.38. The first kappa shape index (κ1) is 14.8. The van der Waals surface area contributed by atoms with Crippen LogP contribution in [0.15, 0.2) is 18.2 Å². The largest absolute Gasteiger partial charge is 0.480 e. The van der Waals surface area contributed by atoms with Gasteiger partial charge in [0.2, 0.25) is 0 Å². The predicted octanol–water partition coefficient (Wildman–Crippen LogP) is 2.49. The van der Waals surface area contributed by atoms with Crippen LogP contribution in [0.1, 0.15) is 18.1 Å². The van der Waals surface area contributed by atoms with Crippen molar-refractivity contribution >= 4 is 11.7 Å². The monoisotopic (exact) mass is 272 g/mol. The number of hydrogen-bond acceptors (Lipinski definition) is 3. The fourth-order valence-electron chi connectivity index (χ4n) is 1.61. The van der Waals surface area contributed by atoms with Crippen molar-refractivity contribution in [3.8, 4) is 6.07 Å². The van der Waals surface area contributed by atoms with Crippen molar-refractivity contribution in [2.24, 2.45) is 0 Å². The second-order valence-electron chi connectivity index (χ2n) is 3.75. The molecule has 0 aliphatic rings. The molecule has 0 aromatic heterocycles. The molecule has 1 aromatic rings. The SMILES string of the molecule is CCN(CC(=O)O)c1ccc(C(F)(F)F)cc1C#N. The second-order valence-corrected chi connectivity index (χ2v) is 3.75. The Bertz CT molecular complexity index is 521. The van der Waals surface area contributed by atoms with E-state index in [2.05, 4.69) is 0 Å². The fourth-order valence-corrected chi connectivity index (χ4v) is 1.61. The summed E-state index contributed by atoms with van der Waals surface area (Å²) in [5.41, 5.74) is -0.947. The van der Waals surface area contributed by atoms with Gasteiger partial charge in [0.25, 0.3) is 0 Å². The molecule has 0 unspecified atom stereocenters. The summed E-state index contributed by atoms with van der Waals surface area (Å²) in [4.78, 5) is 12.0. The first-order chi connectivity index (χ1) is 8.79. The lowest BCUT2D eigenvalue weighted by molar-refractivity contribution is -0.138. The van der Waals surface area contributed by atoms with Crippen LogP contribution in [-0.2, 0) is 11.0 Å². The summed E-state index contributed by atoms with van der Waals surface area (Å²) in [5, 5.41) is 17.6. The highest BCUT2D eigenvalue weighted by Gasteiger charge is 2.31. The van der Waals surface area contributed by atoms with E-state index in [-0.39, 0.29) is 24.3 Å². The molecule has 0 amide bonds. The van der Waals surface area contributed by atoms with E-state index in [0.717, 1.165) is 18.2 Å². The molecule has 0 saturated heterocycles. The number of carboxylic acid groups (broad SMARTS) is 1. The van der Waals surface area contributed by atoms with Gasteiger partial charge in [-0.2, -0.15) is 18.4 Å². The van der Waals surface area contributed by atoms with Gasteiger partial charge in [0, 0.05) is 6.54 Å². The van der Waals surface area contributed by atoms with E-state index in [0.29, 0.717) is 0 Å². The minimum Gasteiger partial charge on any atom is -0.480 e. The zero-order chi connectivity index (χ0) is 14.6. The Morgan fingerprint density at radius 3 is 2.53 bits per heavy atom. The average Bonchev–Trinajstić information content (AvgIpc) is 2.33. The van der Waals surface area contributed by atoms with Gasteiger partial charge in [-0.3, -0.25) is 4.79 Å². The molecule has 1 N–H and O–H groups in total. The summed E-state index contributed by atoms with van der Waals surface area (Å²) in [6.45, 7) is 1.55. The van der Waals surface area contributed by atoms with Crippen molar-refractivity contribution in [2.75, 3.05) is 18.0 Å². The summed E-state index contributed by atoms with van der Waals surface area (Å²) in [6.07, 6.45) is -4.53. The minimum absolute atomic E-state index is 0.181. The maximum absolute atomic E-state index is 12.5. The number of aliphatic carboxylic acids is 1. The van der Waals surface area contributed by atoms with Crippen LogP contribution in [0, 0.1) is 11.3 Å². The van der Waals surface area contributed by atoms with E-state index in [9.17, 15) is 18.0 Å². The van der Waals surface area contributed by atoms with Crippen molar-refractivity contribution in [1.82, 2.24) is 0 Å². The molecule has 1 rings (SSSR count). The molecule has 0 aliphatic heterocycles. The molecule has 0 fully saturated rings. The van der Waals surface area contributed by atoms with Crippen LogP contribution in [0.5, 0.6) is 0 Å². The maximum Gasteiger partial charge on any atom is 0.416 e. The molecule has 0 heterocycles. The number of rotatable bonds is 4.